The topological polar surface area (TPSA) is 78.2 Å². The molecule has 7 heteroatoms. The quantitative estimate of drug-likeness (QED) is 0.501. The molecule has 0 spiro atoms. The fourth-order valence-corrected chi connectivity index (χ4v) is 5.25. The number of nitrogens with zero attached hydrogens (tertiary/aromatic N) is 1. The molecule has 1 saturated carbocycles. The Hall–Kier alpha value is -3.48. The van der Waals surface area contributed by atoms with Crippen LogP contribution in [0, 0.1) is 5.92 Å². The third-order valence-electron chi connectivity index (χ3n) is 7.00. The molecular weight excluding hydrogens is 434 g/mol. The van der Waals surface area contributed by atoms with Gasteiger partial charge in [-0.05, 0) is 54.7 Å². The van der Waals surface area contributed by atoms with Crippen LogP contribution >= 0.6 is 0 Å². The third kappa shape index (κ3) is 4.11. The van der Waals surface area contributed by atoms with Crippen LogP contribution in [-0.4, -0.2) is 38.2 Å². The van der Waals surface area contributed by atoms with Crippen LogP contribution in [0.1, 0.15) is 42.9 Å². The molecule has 7 nitrogen and oxygen atoms in total. The van der Waals surface area contributed by atoms with Crippen molar-refractivity contribution in [2.45, 2.75) is 38.1 Å². The molecule has 2 aliphatic rings. The van der Waals surface area contributed by atoms with Gasteiger partial charge in [-0.15, -0.1) is 0 Å². The van der Waals surface area contributed by atoms with Crippen LogP contribution in [0.4, 0.5) is 0 Å². The molecule has 2 aromatic carbocycles. The molecule has 0 bridgehead atoms. The molecule has 1 aromatic heterocycles. The highest BCUT2D eigenvalue weighted by atomic mass is 16.5. The van der Waals surface area contributed by atoms with E-state index >= 15 is 0 Å². The number of benzene rings is 2. The minimum absolute atomic E-state index is 0.0637. The second-order valence-electron chi connectivity index (χ2n) is 8.92. The smallest absolute Gasteiger partial charge is 0.339 e. The van der Waals surface area contributed by atoms with Gasteiger partial charge in [0.15, 0.2) is 11.5 Å². The molecule has 1 unspecified atom stereocenters. The number of hydrogen-bond acceptors (Lipinski definition) is 6. The summed E-state index contributed by atoms with van der Waals surface area (Å²) >= 11 is 0. The Morgan fingerprint density at radius 2 is 1.76 bits per heavy atom. The predicted molar refractivity (Wildman–Crippen MR) is 128 cm³/mol. The SMILES string of the molecule is COc1cc2c(cc1OC)C(COc1cc(=O)oc3ccccc13)N(C(=O)C1CCCC1)CC2. The lowest BCUT2D eigenvalue weighted by Crippen LogP contribution is -2.44. The largest absolute Gasteiger partial charge is 0.493 e. The molecule has 178 valence electrons. The Morgan fingerprint density at radius 3 is 2.53 bits per heavy atom. The van der Waals surface area contributed by atoms with Gasteiger partial charge in [-0.2, -0.15) is 0 Å². The summed E-state index contributed by atoms with van der Waals surface area (Å²) in [5.74, 6) is 1.99. The van der Waals surface area contributed by atoms with E-state index in [1.54, 1.807) is 20.3 Å². The summed E-state index contributed by atoms with van der Waals surface area (Å²) in [6.07, 6.45) is 4.80. The molecule has 1 amide bonds. The first-order valence-electron chi connectivity index (χ1n) is 11.8. The minimum atomic E-state index is -0.469. The van der Waals surface area contributed by atoms with Crippen molar-refractivity contribution >= 4 is 16.9 Å². The number of carbonyl (C=O) groups is 1. The van der Waals surface area contributed by atoms with E-state index in [1.807, 2.05) is 35.2 Å². The second kappa shape index (κ2) is 9.41. The molecule has 1 atom stereocenters. The molecule has 1 aliphatic carbocycles. The second-order valence-corrected chi connectivity index (χ2v) is 8.92. The predicted octanol–water partition coefficient (Wildman–Crippen LogP) is 4.51. The van der Waals surface area contributed by atoms with Crippen LogP contribution in [0.2, 0.25) is 0 Å². The minimum Gasteiger partial charge on any atom is -0.493 e. The van der Waals surface area contributed by atoms with Gasteiger partial charge in [-0.3, -0.25) is 4.79 Å². The van der Waals surface area contributed by atoms with Crippen molar-refractivity contribution in [1.82, 2.24) is 4.90 Å². The van der Waals surface area contributed by atoms with Crippen molar-refractivity contribution in [1.29, 1.82) is 0 Å². The van der Waals surface area contributed by atoms with E-state index in [4.69, 9.17) is 18.6 Å². The first-order chi connectivity index (χ1) is 16.6. The first-order valence-corrected chi connectivity index (χ1v) is 11.8. The normalized spacial score (nSPS) is 18.1. The van der Waals surface area contributed by atoms with Crippen LogP contribution in [0.3, 0.4) is 0 Å². The lowest BCUT2D eigenvalue weighted by atomic mass is 9.90. The molecule has 2 heterocycles. The van der Waals surface area contributed by atoms with Crippen molar-refractivity contribution in [3.63, 3.8) is 0 Å². The Bertz CT molecular complexity index is 1260. The van der Waals surface area contributed by atoms with Gasteiger partial charge in [0.1, 0.15) is 17.9 Å². The van der Waals surface area contributed by atoms with E-state index in [1.165, 1.54) is 6.07 Å². The zero-order valence-electron chi connectivity index (χ0n) is 19.5. The molecule has 0 N–H and O–H groups in total. The standard InChI is InChI=1S/C27H29NO6/c1-31-24-13-18-11-12-28(27(30)17-7-3-4-8-17)21(20(18)14-25(24)32-2)16-33-23-15-26(29)34-22-10-6-5-9-19(22)23/h5-6,9-10,13-15,17,21H,3-4,7-8,11-12,16H2,1-2H3. The van der Waals surface area contributed by atoms with Crippen LogP contribution < -0.4 is 19.8 Å². The summed E-state index contributed by atoms with van der Waals surface area (Å²) in [6, 6.07) is 12.3. The number of fused-ring (bicyclic) bond motifs is 2. The number of para-hydroxylation sites is 1. The summed E-state index contributed by atoms with van der Waals surface area (Å²) in [6.45, 7) is 0.831. The van der Waals surface area contributed by atoms with Gasteiger partial charge in [0.2, 0.25) is 5.91 Å². The van der Waals surface area contributed by atoms with Crippen molar-refractivity contribution in [2.24, 2.45) is 5.92 Å². The summed E-state index contributed by atoms with van der Waals surface area (Å²) in [5.41, 5.74) is 2.10. The van der Waals surface area contributed by atoms with Gasteiger partial charge in [-0.25, -0.2) is 4.79 Å². The maximum atomic E-state index is 13.5. The fourth-order valence-electron chi connectivity index (χ4n) is 5.25. The molecule has 34 heavy (non-hydrogen) atoms. The molecule has 0 saturated heterocycles. The fraction of sp³-hybridized carbons (Fsp3) is 0.407. The van der Waals surface area contributed by atoms with E-state index in [-0.39, 0.29) is 24.5 Å². The highest BCUT2D eigenvalue weighted by Gasteiger charge is 2.36. The summed E-state index contributed by atoms with van der Waals surface area (Å²) in [5, 5.41) is 0.721. The maximum Gasteiger partial charge on any atom is 0.339 e. The van der Waals surface area contributed by atoms with E-state index in [0.29, 0.717) is 29.4 Å². The summed E-state index contributed by atoms with van der Waals surface area (Å²) in [4.78, 5) is 27.6. The summed E-state index contributed by atoms with van der Waals surface area (Å²) < 4.78 is 22.6. The van der Waals surface area contributed by atoms with Gasteiger partial charge >= 0.3 is 5.63 Å². The molecule has 0 radical (unpaired) electrons. The van der Waals surface area contributed by atoms with Crippen molar-refractivity contribution in [2.75, 3.05) is 27.4 Å². The first kappa shape index (κ1) is 22.3. The highest BCUT2D eigenvalue weighted by Crippen LogP contribution is 2.40. The number of methoxy groups -OCH3 is 2. The number of rotatable bonds is 6. The van der Waals surface area contributed by atoms with Crippen LogP contribution in [0.5, 0.6) is 17.2 Å². The lowest BCUT2D eigenvalue weighted by Gasteiger charge is -2.39. The molecule has 1 fully saturated rings. The van der Waals surface area contributed by atoms with Crippen LogP contribution in [0.25, 0.3) is 11.0 Å². The monoisotopic (exact) mass is 463 g/mol. The zero-order chi connectivity index (χ0) is 23.7. The van der Waals surface area contributed by atoms with Crippen LogP contribution in [-0.2, 0) is 11.2 Å². The number of hydrogen-bond donors (Lipinski definition) is 0. The zero-order valence-corrected chi connectivity index (χ0v) is 19.5. The Labute approximate surface area is 198 Å². The van der Waals surface area contributed by atoms with Gasteiger partial charge in [0.25, 0.3) is 0 Å². The number of carbonyl (C=O) groups excluding carboxylic acids is 1. The van der Waals surface area contributed by atoms with Gasteiger partial charge in [0, 0.05) is 12.5 Å². The molecule has 3 aromatic rings. The Balaban J connectivity index is 1.52. The van der Waals surface area contributed by atoms with Crippen LogP contribution in [0.15, 0.2) is 51.7 Å². The number of ether oxygens (including phenoxy) is 3. The average Bonchev–Trinajstić information content (AvgIpc) is 3.40. The molecular formula is C27H29NO6. The van der Waals surface area contributed by atoms with Gasteiger partial charge < -0.3 is 23.5 Å². The maximum absolute atomic E-state index is 13.5. The van der Waals surface area contributed by atoms with Crippen molar-refractivity contribution < 1.29 is 23.4 Å². The van der Waals surface area contributed by atoms with E-state index < -0.39 is 5.63 Å². The average molecular weight is 464 g/mol. The summed E-state index contributed by atoms with van der Waals surface area (Å²) in [7, 11) is 3.23. The third-order valence-corrected chi connectivity index (χ3v) is 7.00. The molecule has 5 rings (SSSR count). The Morgan fingerprint density at radius 1 is 1.03 bits per heavy atom. The van der Waals surface area contributed by atoms with Crippen molar-refractivity contribution in [3.8, 4) is 17.2 Å². The van der Waals surface area contributed by atoms with Crippen molar-refractivity contribution in [3.05, 3.63) is 64.0 Å². The number of amides is 1. The lowest BCUT2D eigenvalue weighted by molar-refractivity contribution is -0.139. The van der Waals surface area contributed by atoms with E-state index in [9.17, 15) is 9.59 Å². The Kier molecular flexibility index (Phi) is 6.18. The van der Waals surface area contributed by atoms with E-state index in [0.717, 1.165) is 48.6 Å². The molecule has 1 aliphatic heterocycles. The van der Waals surface area contributed by atoms with E-state index in [2.05, 4.69) is 0 Å². The highest BCUT2D eigenvalue weighted by molar-refractivity contribution is 5.83. The van der Waals surface area contributed by atoms with Gasteiger partial charge in [-0.1, -0.05) is 25.0 Å². The van der Waals surface area contributed by atoms with Gasteiger partial charge in [0.05, 0.1) is 31.7 Å².